The maximum Gasteiger partial charge on any atom is 0.133 e. The third-order valence-corrected chi connectivity index (χ3v) is 1.86. The first kappa shape index (κ1) is 8.69. The van der Waals surface area contributed by atoms with Crippen molar-refractivity contribution in [3.63, 3.8) is 0 Å². The Morgan fingerprint density at radius 2 is 2.00 bits per heavy atom. The summed E-state index contributed by atoms with van der Waals surface area (Å²) in [4.78, 5) is 7.91. The Morgan fingerprint density at radius 1 is 1.14 bits per heavy atom. The van der Waals surface area contributed by atoms with E-state index in [0.717, 1.165) is 17.1 Å². The molecule has 0 aliphatic heterocycles. The second-order valence-corrected chi connectivity index (χ2v) is 2.88. The number of benzene rings is 1. The quantitative estimate of drug-likeness (QED) is 0.778. The zero-order chi connectivity index (χ0) is 9.80. The molecule has 1 heterocycles. The molecule has 3 nitrogen and oxygen atoms in total. The summed E-state index contributed by atoms with van der Waals surface area (Å²) in [5.41, 5.74) is 1.91. The van der Waals surface area contributed by atoms with Crippen LogP contribution in [0.2, 0.25) is 0 Å². The molecule has 14 heavy (non-hydrogen) atoms. The third kappa shape index (κ3) is 1.88. The predicted octanol–water partition coefficient (Wildman–Crippen LogP) is 2.40. The molecule has 2 aromatic rings. The highest BCUT2D eigenvalue weighted by atomic mass is 15.0. The van der Waals surface area contributed by atoms with Gasteiger partial charge >= 0.3 is 0 Å². The van der Waals surface area contributed by atoms with Gasteiger partial charge in [-0.1, -0.05) is 18.2 Å². The number of aromatic nitrogens is 2. The number of hydrogen-bond donors (Lipinski definition) is 1. The lowest BCUT2D eigenvalue weighted by Gasteiger charge is -2.07. The Bertz CT molecular complexity index is 412. The number of rotatable bonds is 2. The SMILES string of the molecule is [CH2]c1ccccc1Nc1ccncn1. The minimum Gasteiger partial charge on any atom is -0.340 e. The van der Waals surface area contributed by atoms with Gasteiger partial charge in [0.2, 0.25) is 0 Å². The molecule has 0 aliphatic rings. The second-order valence-electron chi connectivity index (χ2n) is 2.88. The maximum absolute atomic E-state index is 4.07. The van der Waals surface area contributed by atoms with Crippen LogP contribution in [0.5, 0.6) is 0 Å². The van der Waals surface area contributed by atoms with Gasteiger partial charge in [-0.2, -0.15) is 0 Å². The Labute approximate surface area is 82.8 Å². The first-order valence-electron chi connectivity index (χ1n) is 4.30. The van der Waals surface area contributed by atoms with Crippen LogP contribution in [-0.4, -0.2) is 9.97 Å². The van der Waals surface area contributed by atoms with Crippen LogP contribution in [0.25, 0.3) is 0 Å². The molecule has 2 rings (SSSR count). The third-order valence-electron chi connectivity index (χ3n) is 1.86. The second kappa shape index (κ2) is 3.87. The van der Waals surface area contributed by atoms with Crippen molar-refractivity contribution in [2.45, 2.75) is 0 Å². The summed E-state index contributed by atoms with van der Waals surface area (Å²) in [5.74, 6) is 0.774. The molecular formula is C11H10N3. The van der Waals surface area contributed by atoms with Crippen molar-refractivity contribution in [1.29, 1.82) is 0 Å². The number of hydrogen-bond acceptors (Lipinski definition) is 3. The van der Waals surface area contributed by atoms with Crippen molar-refractivity contribution < 1.29 is 0 Å². The van der Waals surface area contributed by atoms with E-state index < -0.39 is 0 Å². The lowest BCUT2D eigenvalue weighted by atomic mass is 10.2. The van der Waals surface area contributed by atoms with Gasteiger partial charge < -0.3 is 5.32 Å². The highest BCUT2D eigenvalue weighted by Crippen LogP contribution is 2.17. The van der Waals surface area contributed by atoms with Crippen LogP contribution in [-0.2, 0) is 0 Å². The lowest BCUT2D eigenvalue weighted by Crippen LogP contribution is -1.94. The normalized spacial score (nSPS) is 9.79. The smallest absolute Gasteiger partial charge is 0.133 e. The molecule has 0 spiro atoms. The summed E-state index contributed by atoms with van der Waals surface area (Å²) < 4.78 is 0. The molecule has 0 saturated heterocycles. The number of para-hydroxylation sites is 1. The molecule has 69 valence electrons. The Balaban J connectivity index is 2.24. The first-order chi connectivity index (χ1) is 6.86. The fourth-order valence-corrected chi connectivity index (χ4v) is 1.14. The molecule has 0 fully saturated rings. The highest BCUT2D eigenvalue weighted by molar-refractivity contribution is 5.60. The molecule has 1 aromatic heterocycles. The van der Waals surface area contributed by atoms with Crippen LogP contribution in [0.1, 0.15) is 5.56 Å². The van der Waals surface area contributed by atoms with Gasteiger partial charge in [-0.25, -0.2) is 9.97 Å². The van der Waals surface area contributed by atoms with Gasteiger partial charge in [0.15, 0.2) is 0 Å². The van der Waals surface area contributed by atoms with Gasteiger partial charge in [-0.05, 0) is 24.6 Å². The van der Waals surface area contributed by atoms with E-state index in [1.54, 1.807) is 6.20 Å². The fourth-order valence-electron chi connectivity index (χ4n) is 1.14. The topological polar surface area (TPSA) is 37.8 Å². The van der Waals surface area contributed by atoms with Crippen LogP contribution in [0, 0.1) is 6.92 Å². The van der Waals surface area contributed by atoms with Gasteiger partial charge in [0.1, 0.15) is 12.1 Å². The van der Waals surface area contributed by atoms with E-state index in [2.05, 4.69) is 22.2 Å². The van der Waals surface area contributed by atoms with Gasteiger partial charge in [-0.3, -0.25) is 0 Å². The fraction of sp³-hybridized carbons (Fsp3) is 0. The van der Waals surface area contributed by atoms with E-state index >= 15 is 0 Å². The van der Waals surface area contributed by atoms with Crippen LogP contribution in [0.4, 0.5) is 11.5 Å². The molecule has 3 heteroatoms. The van der Waals surface area contributed by atoms with E-state index in [-0.39, 0.29) is 0 Å². The molecule has 0 saturated carbocycles. The van der Waals surface area contributed by atoms with Crippen molar-refractivity contribution in [3.8, 4) is 0 Å². The average Bonchev–Trinajstić information content (AvgIpc) is 2.23. The highest BCUT2D eigenvalue weighted by Gasteiger charge is 1.97. The first-order valence-corrected chi connectivity index (χ1v) is 4.30. The van der Waals surface area contributed by atoms with Crippen LogP contribution >= 0.6 is 0 Å². The standard InChI is InChI=1S/C11H10N3/c1-9-4-2-3-5-10(9)14-11-6-7-12-8-13-11/h2-8H,1H2,(H,12,13,14). The number of nitrogens with zero attached hydrogens (tertiary/aromatic N) is 2. The van der Waals surface area contributed by atoms with E-state index in [1.807, 2.05) is 30.3 Å². The van der Waals surface area contributed by atoms with Gasteiger partial charge in [0.25, 0.3) is 0 Å². The van der Waals surface area contributed by atoms with Gasteiger partial charge in [-0.15, -0.1) is 0 Å². The molecule has 0 bridgehead atoms. The Hall–Kier alpha value is -1.90. The van der Waals surface area contributed by atoms with E-state index in [9.17, 15) is 0 Å². The zero-order valence-electron chi connectivity index (χ0n) is 7.64. The average molecular weight is 184 g/mol. The monoisotopic (exact) mass is 184 g/mol. The number of nitrogens with one attached hydrogen (secondary N) is 1. The van der Waals surface area contributed by atoms with Crippen LogP contribution < -0.4 is 5.32 Å². The summed E-state index contributed by atoms with van der Waals surface area (Å²) in [5, 5.41) is 3.16. The molecule has 0 amide bonds. The summed E-state index contributed by atoms with van der Waals surface area (Å²) in [6.07, 6.45) is 3.20. The van der Waals surface area contributed by atoms with Crippen LogP contribution in [0.3, 0.4) is 0 Å². The minimum atomic E-state index is 0.774. The molecule has 0 unspecified atom stereocenters. The van der Waals surface area contributed by atoms with E-state index in [0.29, 0.717) is 0 Å². The maximum atomic E-state index is 4.07. The van der Waals surface area contributed by atoms with Crippen molar-refractivity contribution in [3.05, 3.63) is 55.3 Å². The van der Waals surface area contributed by atoms with Crippen LogP contribution in [0.15, 0.2) is 42.9 Å². The van der Waals surface area contributed by atoms with Crippen molar-refractivity contribution in [2.24, 2.45) is 0 Å². The van der Waals surface area contributed by atoms with Crippen molar-refractivity contribution >= 4 is 11.5 Å². The summed E-state index contributed by atoms with van der Waals surface area (Å²) in [6, 6.07) is 9.63. The van der Waals surface area contributed by atoms with E-state index in [4.69, 9.17) is 0 Å². The van der Waals surface area contributed by atoms with E-state index in [1.165, 1.54) is 6.33 Å². The van der Waals surface area contributed by atoms with Gasteiger partial charge in [0.05, 0.1) is 0 Å². The molecular weight excluding hydrogens is 174 g/mol. The Morgan fingerprint density at radius 3 is 2.71 bits per heavy atom. The lowest BCUT2D eigenvalue weighted by molar-refractivity contribution is 1.17. The molecule has 1 N–H and O–H groups in total. The van der Waals surface area contributed by atoms with Crippen molar-refractivity contribution in [1.82, 2.24) is 9.97 Å². The predicted molar refractivity (Wildman–Crippen MR) is 56.2 cm³/mol. The zero-order valence-corrected chi connectivity index (χ0v) is 7.64. The molecule has 1 radical (unpaired) electrons. The summed E-state index contributed by atoms with van der Waals surface area (Å²) in [7, 11) is 0. The molecule has 0 atom stereocenters. The Kier molecular flexibility index (Phi) is 2.40. The summed E-state index contributed by atoms with van der Waals surface area (Å²) in [6.45, 7) is 3.91. The van der Waals surface area contributed by atoms with Gasteiger partial charge in [0, 0.05) is 11.9 Å². The molecule has 1 aromatic carbocycles. The minimum absolute atomic E-state index is 0.774. The van der Waals surface area contributed by atoms with Crippen molar-refractivity contribution in [2.75, 3.05) is 5.32 Å². The summed E-state index contributed by atoms with van der Waals surface area (Å²) >= 11 is 0. The number of anilines is 2. The molecule has 0 aliphatic carbocycles. The largest absolute Gasteiger partial charge is 0.340 e.